The van der Waals surface area contributed by atoms with Crippen molar-refractivity contribution in [2.24, 2.45) is 11.8 Å². The standard InChI is InChI=1S/C24H31Cl2N5OS/c1-16-10-17(2)14-31(13-16)21-12-20(26)28-22(29-21)30-23(33)27-15-24(6-8-32-9-7-24)18-4-3-5-19(25)11-18/h3-5,11-12,16-17H,6-10,13-15H2,1-2H3,(H2,27,28,29,30,33)/t16-,17-/m1/s1. The van der Waals surface area contributed by atoms with Crippen molar-refractivity contribution in [3.63, 3.8) is 0 Å². The number of halogens is 2. The van der Waals surface area contributed by atoms with Crippen LogP contribution in [0.4, 0.5) is 11.8 Å². The molecule has 2 atom stereocenters. The van der Waals surface area contributed by atoms with Crippen molar-refractivity contribution >= 4 is 52.3 Å². The van der Waals surface area contributed by atoms with Gasteiger partial charge in [-0.1, -0.05) is 49.2 Å². The van der Waals surface area contributed by atoms with Crippen LogP contribution in [0.1, 0.15) is 38.7 Å². The number of benzene rings is 1. The number of ether oxygens (including phenoxy) is 1. The maximum Gasteiger partial charge on any atom is 0.232 e. The first-order valence-corrected chi connectivity index (χ1v) is 12.7. The molecule has 2 N–H and O–H groups in total. The molecule has 9 heteroatoms. The molecule has 2 aliphatic heterocycles. The maximum absolute atomic E-state index is 6.33. The Bertz CT molecular complexity index is 975. The SMILES string of the molecule is C[C@@H]1C[C@@H](C)CN(c2cc(Cl)nc(NC(=S)NCC3(c4cccc(Cl)c4)CCOCC3)n2)C1. The van der Waals surface area contributed by atoms with Gasteiger partial charge in [-0.15, -0.1) is 0 Å². The minimum absolute atomic E-state index is 0.102. The van der Waals surface area contributed by atoms with Gasteiger partial charge in [0.25, 0.3) is 0 Å². The van der Waals surface area contributed by atoms with Gasteiger partial charge in [0.05, 0.1) is 0 Å². The molecule has 0 radical (unpaired) electrons. The van der Waals surface area contributed by atoms with E-state index in [2.05, 4.69) is 40.4 Å². The van der Waals surface area contributed by atoms with Crippen LogP contribution in [0, 0.1) is 11.8 Å². The van der Waals surface area contributed by atoms with E-state index in [1.54, 1.807) is 0 Å². The summed E-state index contributed by atoms with van der Waals surface area (Å²) in [4.78, 5) is 11.3. The quantitative estimate of drug-likeness (QED) is 0.420. The van der Waals surface area contributed by atoms with Gasteiger partial charge < -0.3 is 20.3 Å². The van der Waals surface area contributed by atoms with Gasteiger partial charge in [-0.3, -0.25) is 0 Å². The predicted octanol–water partition coefficient (Wildman–Crippen LogP) is 5.30. The molecule has 0 bridgehead atoms. The van der Waals surface area contributed by atoms with Crippen LogP contribution >= 0.6 is 35.4 Å². The Morgan fingerprint density at radius 1 is 1.15 bits per heavy atom. The molecular formula is C24H31Cl2N5OS. The molecule has 2 saturated heterocycles. The molecule has 2 aromatic rings. The fourth-order valence-corrected chi connectivity index (χ4v) is 5.55. The van der Waals surface area contributed by atoms with E-state index in [0.717, 1.165) is 36.8 Å². The molecule has 2 fully saturated rings. The monoisotopic (exact) mass is 507 g/mol. The number of nitrogens with zero attached hydrogens (tertiary/aromatic N) is 3. The second-order valence-corrected chi connectivity index (χ2v) is 10.7. The summed E-state index contributed by atoms with van der Waals surface area (Å²) in [5.74, 6) is 2.47. The van der Waals surface area contributed by atoms with Crippen molar-refractivity contribution in [3.05, 3.63) is 46.1 Å². The molecule has 1 aromatic carbocycles. The fraction of sp³-hybridized carbons (Fsp3) is 0.542. The van der Waals surface area contributed by atoms with Crippen molar-refractivity contribution in [1.82, 2.24) is 15.3 Å². The van der Waals surface area contributed by atoms with E-state index in [9.17, 15) is 0 Å². The van der Waals surface area contributed by atoms with Crippen molar-refractivity contribution in [1.29, 1.82) is 0 Å². The molecule has 3 heterocycles. The number of nitrogens with one attached hydrogen (secondary N) is 2. The first-order valence-electron chi connectivity index (χ1n) is 11.5. The summed E-state index contributed by atoms with van der Waals surface area (Å²) in [6.45, 7) is 8.56. The zero-order valence-electron chi connectivity index (χ0n) is 19.1. The van der Waals surface area contributed by atoms with Gasteiger partial charge in [0.1, 0.15) is 11.0 Å². The van der Waals surface area contributed by atoms with E-state index in [-0.39, 0.29) is 5.41 Å². The molecule has 6 nitrogen and oxygen atoms in total. The lowest BCUT2D eigenvalue weighted by molar-refractivity contribution is 0.0515. The van der Waals surface area contributed by atoms with Crippen LogP contribution in [-0.2, 0) is 10.2 Å². The van der Waals surface area contributed by atoms with E-state index in [1.165, 1.54) is 12.0 Å². The van der Waals surface area contributed by atoms with Gasteiger partial charge in [-0.2, -0.15) is 4.98 Å². The fourth-order valence-electron chi connectivity index (χ4n) is 5.02. The number of rotatable bonds is 5. The lowest BCUT2D eigenvalue weighted by Crippen LogP contribution is -2.45. The first-order chi connectivity index (χ1) is 15.8. The summed E-state index contributed by atoms with van der Waals surface area (Å²) in [6, 6.07) is 9.88. The molecular weight excluding hydrogens is 477 g/mol. The third-order valence-electron chi connectivity index (χ3n) is 6.57. The first kappa shape index (κ1) is 24.5. The molecule has 2 aliphatic rings. The van der Waals surface area contributed by atoms with E-state index < -0.39 is 0 Å². The summed E-state index contributed by atoms with van der Waals surface area (Å²) in [7, 11) is 0. The molecule has 0 spiro atoms. The van der Waals surface area contributed by atoms with Crippen molar-refractivity contribution in [3.8, 4) is 0 Å². The summed E-state index contributed by atoms with van der Waals surface area (Å²) in [5, 5.41) is 8.12. The largest absolute Gasteiger partial charge is 0.381 e. The second kappa shape index (κ2) is 10.7. The number of thiocarbonyl (C=S) groups is 1. The molecule has 33 heavy (non-hydrogen) atoms. The van der Waals surface area contributed by atoms with Crippen molar-refractivity contribution in [2.45, 2.75) is 38.5 Å². The maximum atomic E-state index is 6.33. The lowest BCUT2D eigenvalue weighted by Gasteiger charge is -2.38. The Morgan fingerprint density at radius 2 is 1.88 bits per heavy atom. The van der Waals surface area contributed by atoms with Crippen molar-refractivity contribution in [2.75, 3.05) is 43.1 Å². The van der Waals surface area contributed by atoms with E-state index >= 15 is 0 Å². The summed E-state index contributed by atoms with van der Waals surface area (Å²) < 4.78 is 5.63. The Hall–Kier alpha value is -1.67. The molecule has 0 saturated carbocycles. The van der Waals surface area contributed by atoms with E-state index in [0.29, 0.717) is 47.8 Å². The Labute approximate surface area is 211 Å². The number of hydrogen-bond acceptors (Lipinski definition) is 5. The molecule has 1 aromatic heterocycles. The van der Waals surface area contributed by atoms with Gasteiger partial charge in [-0.25, -0.2) is 4.98 Å². The minimum Gasteiger partial charge on any atom is -0.381 e. The van der Waals surface area contributed by atoms with Gasteiger partial charge in [0.2, 0.25) is 5.95 Å². The van der Waals surface area contributed by atoms with Crippen molar-refractivity contribution < 1.29 is 4.74 Å². The lowest BCUT2D eigenvalue weighted by atomic mass is 9.74. The predicted molar refractivity (Wildman–Crippen MR) is 140 cm³/mol. The van der Waals surface area contributed by atoms with Crippen LogP contribution in [0.25, 0.3) is 0 Å². The smallest absolute Gasteiger partial charge is 0.232 e. The van der Waals surface area contributed by atoms with Crippen LogP contribution < -0.4 is 15.5 Å². The van der Waals surface area contributed by atoms with E-state index in [4.69, 9.17) is 45.1 Å². The average Bonchev–Trinajstić information content (AvgIpc) is 2.77. The van der Waals surface area contributed by atoms with Crippen LogP contribution in [0.2, 0.25) is 10.2 Å². The highest BCUT2D eigenvalue weighted by molar-refractivity contribution is 7.80. The highest BCUT2D eigenvalue weighted by Crippen LogP contribution is 2.35. The van der Waals surface area contributed by atoms with Gasteiger partial charge in [-0.05, 0) is 61.0 Å². The third-order valence-corrected chi connectivity index (χ3v) is 7.25. The molecule has 0 unspecified atom stereocenters. The van der Waals surface area contributed by atoms with Gasteiger partial charge in [0, 0.05) is 49.4 Å². The molecule has 0 amide bonds. The Balaban J connectivity index is 1.44. The van der Waals surface area contributed by atoms with Crippen LogP contribution in [0.15, 0.2) is 30.3 Å². The summed E-state index contributed by atoms with van der Waals surface area (Å²) in [6.07, 6.45) is 3.02. The topological polar surface area (TPSA) is 62.3 Å². The number of anilines is 2. The van der Waals surface area contributed by atoms with Crippen LogP contribution in [0.3, 0.4) is 0 Å². The highest BCUT2D eigenvalue weighted by atomic mass is 35.5. The van der Waals surface area contributed by atoms with Gasteiger partial charge >= 0.3 is 0 Å². The zero-order valence-corrected chi connectivity index (χ0v) is 21.4. The van der Waals surface area contributed by atoms with E-state index in [1.807, 2.05) is 24.3 Å². The number of hydrogen-bond donors (Lipinski definition) is 2. The normalized spacial score (nSPS) is 22.6. The Morgan fingerprint density at radius 3 is 2.58 bits per heavy atom. The number of aromatic nitrogens is 2. The molecule has 178 valence electrons. The van der Waals surface area contributed by atoms with Crippen LogP contribution in [-0.4, -0.2) is 47.9 Å². The molecule has 0 aliphatic carbocycles. The Kier molecular flexibility index (Phi) is 7.95. The summed E-state index contributed by atoms with van der Waals surface area (Å²) in [5.41, 5.74) is 1.10. The average molecular weight is 509 g/mol. The third kappa shape index (κ3) is 6.27. The molecule has 4 rings (SSSR count). The second-order valence-electron chi connectivity index (χ2n) is 9.43. The van der Waals surface area contributed by atoms with Crippen LogP contribution in [0.5, 0.6) is 0 Å². The zero-order chi connectivity index (χ0) is 23.4. The highest BCUT2D eigenvalue weighted by Gasteiger charge is 2.35. The summed E-state index contributed by atoms with van der Waals surface area (Å²) >= 11 is 18.2. The number of piperidine rings is 1. The minimum atomic E-state index is -0.102. The van der Waals surface area contributed by atoms with Gasteiger partial charge in [0.15, 0.2) is 5.11 Å².